The van der Waals surface area contributed by atoms with Crippen LogP contribution in [0, 0.1) is 12.7 Å². The number of hydrogen-bond acceptors (Lipinski definition) is 6. The molecule has 1 amide bonds. The van der Waals surface area contributed by atoms with E-state index >= 15 is 0 Å². The molecule has 2 aromatic rings. The van der Waals surface area contributed by atoms with Gasteiger partial charge in [0.15, 0.2) is 9.84 Å². The largest absolute Gasteiger partial charge is 0.325 e. The Balaban J connectivity index is 1.76. The summed E-state index contributed by atoms with van der Waals surface area (Å²) in [5, 5.41) is 2.70. The number of hydrogen-bond donors (Lipinski definition) is 1. The molecular formula is C22H28FN3O5S2. The van der Waals surface area contributed by atoms with Crippen LogP contribution in [0.2, 0.25) is 0 Å². The highest BCUT2D eigenvalue weighted by Gasteiger charge is 2.40. The Hall–Kier alpha value is -2.34. The average Bonchev–Trinajstić information content (AvgIpc) is 2.70. The number of carbonyl (C=O) groups is 1. The third-order valence-corrected chi connectivity index (χ3v) is 9.10. The first-order valence-corrected chi connectivity index (χ1v) is 13.8. The predicted octanol–water partition coefficient (Wildman–Crippen LogP) is 2.26. The number of benzene rings is 2. The molecule has 0 unspecified atom stereocenters. The van der Waals surface area contributed by atoms with Crippen molar-refractivity contribution in [2.24, 2.45) is 0 Å². The van der Waals surface area contributed by atoms with E-state index in [9.17, 15) is 26.0 Å². The van der Waals surface area contributed by atoms with Crippen LogP contribution in [-0.4, -0.2) is 69.9 Å². The molecule has 0 saturated carbocycles. The number of sulfone groups is 1. The number of rotatable bonds is 6. The Kier molecular flexibility index (Phi) is 7.27. The lowest BCUT2D eigenvalue weighted by Crippen LogP contribution is -2.59. The lowest BCUT2D eigenvalue weighted by molar-refractivity contribution is -0.118. The highest BCUT2D eigenvalue weighted by atomic mass is 32.2. The Bertz CT molecular complexity index is 1250. The molecule has 0 aliphatic carbocycles. The van der Waals surface area contributed by atoms with Crippen LogP contribution in [0.1, 0.15) is 19.4 Å². The second kappa shape index (κ2) is 9.49. The molecule has 8 nitrogen and oxygen atoms in total. The summed E-state index contributed by atoms with van der Waals surface area (Å²) in [5.41, 5.74) is 0.729. The molecule has 3 rings (SSSR count). The molecule has 0 bridgehead atoms. The van der Waals surface area contributed by atoms with Gasteiger partial charge in [-0.05, 0) is 45.0 Å². The van der Waals surface area contributed by atoms with Crippen molar-refractivity contribution in [3.63, 3.8) is 0 Å². The van der Waals surface area contributed by atoms with E-state index in [1.165, 1.54) is 40.7 Å². The van der Waals surface area contributed by atoms with Gasteiger partial charge in [-0.2, -0.15) is 4.31 Å². The molecule has 0 aromatic heterocycles. The first-order valence-electron chi connectivity index (χ1n) is 10.4. The van der Waals surface area contributed by atoms with Gasteiger partial charge >= 0.3 is 0 Å². The Labute approximate surface area is 194 Å². The van der Waals surface area contributed by atoms with Crippen LogP contribution in [0.4, 0.5) is 10.1 Å². The van der Waals surface area contributed by atoms with E-state index in [0.717, 1.165) is 6.26 Å². The fraction of sp³-hybridized carbons (Fsp3) is 0.409. The zero-order valence-corrected chi connectivity index (χ0v) is 20.6. The molecule has 2 atom stereocenters. The minimum absolute atomic E-state index is 0.0123. The number of piperazine rings is 1. The topological polar surface area (TPSA) is 104 Å². The van der Waals surface area contributed by atoms with E-state index in [0.29, 0.717) is 11.3 Å². The highest BCUT2D eigenvalue weighted by molar-refractivity contribution is 7.93. The van der Waals surface area contributed by atoms with Gasteiger partial charge in [-0.3, -0.25) is 9.69 Å². The van der Waals surface area contributed by atoms with Crippen molar-refractivity contribution in [3.05, 3.63) is 53.8 Å². The first-order chi connectivity index (χ1) is 15.3. The van der Waals surface area contributed by atoms with Crippen LogP contribution in [0.5, 0.6) is 0 Å². The Morgan fingerprint density at radius 1 is 1.00 bits per heavy atom. The summed E-state index contributed by atoms with van der Waals surface area (Å²) in [6.45, 7) is 5.58. The Morgan fingerprint density at radius 3 is 2.15 bits per heavy atom. The smallest absolute Gasteiger partial charge is 0.244 e. The lowest BCUT2D eigenvalue weighted by atomic mass is 10.1. The molecule has 2 aromatic carbocycles. The second-order valence-electron chi connectivity index (χ2n) is 8.41. The number of nitrogens with zero attached hydrogens (tertiary/aromatic N) is 2. The fourth-order valence-electron chi connectivity index (χ4n) is 4.24. The van der Waals surface area contributed by atoms with Gasteiger partial charge in [-0.1, -0.05) is 18.2 Å². The molecule has 11 heteroatoms. The maximum Gasteiger partial charge on any atom is 0.244 e. The average molecular weight is 498 g/mol. The zero-order valence-electron chi connectivity index (χ0n) is 18.9. The Morgan fingerprint density at radius 2 is 1.58 bits per heavy atom. The highest BCUT2D eigenvalue weighted by Crippen LogP contribution is 2.29. The van der Waals surface area contributed by atoms with Gasteiger partial charge in [0.2, 0.25) is 15.9 Å². The first kappa shape index (κ1) is 25.3. The van der Waals surface area contributed by atoms with Gasteiger partial charge in [0, 0.05) is 42.7 Å². The number of amides is 1. The van der Waals surface area contributed by atoms with Crippen LogP contribution >= 0.6 is 0 Å². The van der Waals surface area contributed by atoms with Crippen molar-refractivity contribution in [3.8, 4) is 0 Å². The van der Waals surface area contributed by atoms with Crippen molar-refractivity contribution in [1.29, 1.82) is 0 Å². The van der Waals surface area contributed by atoms with Gasteiger partial charge < -0.3 is 5.32 Å². The molecule has 1 aliphatic heterocycles. The van der Waals surface area contributed by atoms with Crippen LogP contribution in [0.15, 0.2) is 52.3 Å². The monoisotopic (exact) mass is 497 g/mol. The standard InChI is InChI=1S/C22H28FN3O5S2/c1-15-12-25(14-22(27)24-19-9-7-8-18(23)17(19)3)13-16(2)26(15)33(30,31)21-11-6-5-10-20(21)32(4,28)29/h5-11,15-16H,12-14H2,1-4H3,(H,24,27)/t15-,16+. The summed E-state index contributed by atoms with van der Waals surface area (Å²) in [4.78, 5) is 13.9. The van der Waals surface area contributed by atoms with Crippen molar-refractivity contribution >= 4 is 31.5 Å². The summed E-state index contributed by atoms with van der Waals surface area (Å²) in [6.07, 6.45) is 0.977. The normalized spacial score (nSPS) is 20.5. The molecule has 1 fully saturated rings. The summed E-state index contributed by atoms with van der Waals surface area (Å²) in [5.74, 6) is -0.745. The van der Waals surface area contributed by atoms with Crippen LogP contribution in [-0.2, 0) is 24.7 Å². The summed E-state index contributed by atoms with van der Waals surface area (Å²) >= 11 is 0. The maximum absolute atomic E-state index is 13.7. The number of sulfonamides is 1. The summed E-state index contributed by atoms with van der Waals surface area (Å²) in [6, 6.07) is 9.00. The molecule has 0 spiro atoms. The molecular weight excluding hydrogens is 469 g/mol. The van der Waals surface area contributed by atoms with Crippen molar-refractivity contribution in [2.75, 3.05) is 31.2 Å². The molecule has 180 valence electrons. The van der Waals surface area contributed by atoms with Gasteiger partial charge in [0.1, 0.15) is 10.7 Å². The number of carbonyl (C=O) groups excluding carboxylic acids is 1. The minimum atomic E-state index is -4.10. The molecule has 1 heterocycles. The van der Waals surface area contributed by atoms with Crippen molar-refractivity contribution in [2.45, 2.75) is 42.6 Å². The van der Waals surface area contributed by atoms with Gasteiger partial charge in [0.05, 0.1) is 11.4 Å². The lowest BCUT2D eigenvalue weighted by Gasteiger charge is -2.43. The van der Waals surface area contributed by atoms with Crippen LogP contribution in [0.25, 0.3) is 0 Å². The third-order valence-electron chi connectivity index (χ3n) is 5.63. The van der Waals surface area contributed by atoms with Gasteiger partial charge in [0.25, 0.3) is 0 Å². The van der Waals surface area contributed by atoms with E-state index in [-0.39, 0.29) is 35.3 Å². The number of halogens is 1. The molecule has 1 saturated heterocycles. The maximum atomic E-state index is 13.7. The number of anilines is 1. The van der Waals surface area contributed by atoms with Crippen LogP contribution < -0.4 is 5.32 Å². The number of nitrogens with one attached hydrogen (secondary N) is 1. The van der Waals surface area contributed by atoms with Crippen molar-refractivity contribution in [1.82, 2.24) is 9.21 Å². The van der Waals surface area contributed by atoms with E-state index in [1.807, 2.05) is 4.90 Å². The second-order valence-corrected chi connectivity index (χ2v) is 12.2. The van der Waals surface area contributed by atoms with Crippen LogP contribution in [0.3, 0.4) is 0 Å². The molecule has 1 aliphatic rings. The summed E-state index contributed by atoms with van der Waals surface area (Å²) in [7, 11) is -7.85. The summed E-state index contributed by atoms with van der Waals surface area (Å²) < 4.78 is 66.2. The van der Waals surface area contributed by atoms with E-state index in [1.54, 1.807) is 26.8 Å². The minimum Gasteiger partial charge on any atom is -0.325 e. The van der Waals surface area contributed by atoms with Crippen molar-refractivity contribution < 1.29 is 26.0 Å². The quantitative estimate of drug-likeness (QED) is 0.657. The fourth-order valence-corrected chi connectivity index (χ4v) is 7.65. The SMILES string of the molecule is Cc1c(F)cccc1NC(=O)CN1C[C@@H](C)N(S(=O)(=O)c2ccccc2S(C)(=O)=O)[C@@H](C)C1. The van der Waals surface area contributed by atoms with E-state index in [4.69, 9.17) is 0 Å². The predicted molar refractivity (Wildman–Crippen MR) is 124 cm³/mol. The van der Waals surface area contributed by atoms with E-state index < -0.39 is 37.8 Å². The molecule has 33 heavy (non-hydrogen) atoms. The third kappa shape index (κ3) is 5.43. The zero-order chi connectivity index (χ0) is 24.6. The van der Waals surface area contributed by atoms with E-state index in [2.05, 4.69) is 5.32 Å². The molecule has 1 N–H and O–H groups in total. The van der Waals surface area contributed by atoms with Gasteiger partial charge in [-0.25, -0.2) is 21.2 Å². The van der Waals surface area contributed by atoms with Gasteiger partial charge in [-0.15, -0.1) is 0 Å². The molecule has 0 radical (unpaired) electrons.